The maximum atomic E-state index is 12.5. The van der Waals surface area contributed by atoms with Crippen LogP contribution in [0, 0.1) is 11.3 Å². The van der Waals surface area contributed by atoms with Crippen molar-refractivity contribution in [2.24, 2.45) is 22.2 Å². The average Bonchev–Trinajstić information content (AvgIpc) is 3.21. The number of carbonyl (C=O) groups is 1. The average molecular weight is 269 g/mol. The first-order valence-electron chi connectivity index (χ1n) is 7.37. The third-order valence-corrected chi connectivity index (χ3v) is 3.92. The molecule has 0 aliphatic heterocycles. The van der Waals surface area contributed by atoms with Gasteiger partial charge in [0.05, 0.1) is 0 Å². The molecule has 0 aromatic carbocycles. The minimum Gasteiger partial charge on any atom is -0.409 e. The van der Waals surface area contributed by atoms with Gasteiger partial charge in [0.1, 0.15) is 5.41 Å². The van der Waals surface area contributed by atoms with Gasteiger partial charge in [-0.1, -0.05) is 44.7 Å². The van der Waals surface area contributed by atoms with E-state index in [2.05, 4.69) is 10.5 Å². The van der Waals surface area contributed by atoms with Gasteiger partial charge in [0.25, 0.3) is 0 Å². The van der Waals surface area contributed by atoms with Gasteiger partial charge in [0.15, 0.2) is 5.84 Å². The van der Waals surface area contributed by atoms with Crippen molar-refractivity contribution < 1.29 is 10.0 Å². The number of rotatable bonds is 9. The molecule has 0 aromatic rings. The largest absolute Gasteiger partial charge is 0.409 e. The van der Waals surface area contributed by atoms with Crippen LogP contribution >= 0.6 is 0 Å². The minimum atomic E-state index is -0.845. The van der Waals surface area contributed by atoms with Gasteiger partial charge in [-0.25, -0.2) is 0 Å². The van der Waals surface area contributed by atoms with Crippen LogP contribution in [0.25, 0.3) is 0 Å². The fraction of sp³-hybridized carbons (Fsp3) is 0.857. The van der Waals surface area contributed by atoms with Crippen LogP contribution in [0.4, 0.5) is 0 Å². The SMILES string of the molecule is CCCC(CCC)(C(=O)NCCC1CC1)C(N)=NO. The maximum absolute atomic E-state index is 12.5. The molecule has 110 valence electrons. The lowest BCUT2D eigenvalue weighted by atomic mass is 9.77. The van der Waals surface area contributed by atoms with E-state index in [0.717, 1.165) is 25.2 Å². The molecule has 0 spiro atoms. The number of hydrogen-bond donors (Lipinski definition) is 3. The fourth-order valence-corrected chi connectivity index (χ4v) is 2.64. The predicted octanol–water partition coefficient (Wildman–Crippen LogP) is 2.24. The smallest absolute Gasteiger partial charge is 0.233 e. The van der Waals surface area contributed by atoms with Crippen molar-refractivity contribution in [2.75, 3.05) is 6.54 Å². The number of oxime groups is 1. The first-order valence-corrected chi connectivity index (χ1v) is 7.37. The molecule has 1 aliphatic carbocycles. The first-order chi connectivity index (χ1) is 9.10. The van der Waals surface area contributed by atoms with Gasteiger partial charge in [-0.15, -0.1) is 0 Å². The van der Waals surface area contributed by atoms with Gasteiger partial charge in [-0.3, -0.25) is 4.79 Å². The standard InChI is InChI=1S/C14H27N3O2/c1-3-8-14(9-4-2,12(15)17-19)13(18)16-10-7-11-5-6-11/h11,19H,3-10H2,1-2H3,(H2,15,17)(H,16,18). The second-order valence-corrected chi connectivity index (χ2v) is 5.56. The van der Waals surface area contributed by atoms with Gasteiger partial charge in [-0.2, -0.15) is 0 Å². The van der Waals surface area contributed by atoms with Crippen molar-refractivity contribution in [1.29, 1.82) is 0 Å². The molecule has 0 atom stereocenters. The van der Waals surface area contributed by atoms with E-state index in [9.17, 15) is 4.79 Å². The molecule has 5 nitrogen and oxygen atoms in total. The Morgan fingerprint density at radius 3 is 2.37 bits per heavy atom. The summed E-state index contributed by atoms with van der Waals surface area (Å²) in [5, 5.41) is 15.1. The number of carbonyl (C=O) groups excluding carboxylic acids is 1. The van der Waals surface area contributed by atoms with Crippen LogP contribution in [0.1, 0.15) is 58.8 Å². The Kier molecular flexibility index (Phi) is 6.12. The molecular weight excluding hydrogens is 242 g/mol. The minimum absolute atomic E-state index is 0.0418. The van der Waals surface area contributed by atoms with E-state index in [1.165, 1.54) is 12.8 Å². The molecule has 0 radical (unpaired) electrons. The number of amidine groups is 1. The van der Waals surface area contributed by atoms with E-state index in [1.807, 2.05) is 13.8 Å². The van der Waals surface area contributed by atoms with Crippen LogP contribution in [-0.4, -0.2) is 23.5 Å². The van der Waals surface area contributed by atoms with E-state index >= 15 is 0 Å². The summed E-state index contributed by atoms with van der Waals surface area (Å²) >= 11 is 0. The fourth-order valence-electron chi connectivity index (χ4n) is 2.64. The third-order valence-electron chi connectivity index (χ3n) is 3.92. The summed E-state index contributed by atoms with van der Waals surface area (Å²) in [7, 11) is 0. The lowest BCUT2D eigenvalue weighted by Crippen LogP contribution is -2.50. The Balaban J connectivity index is 2.69. The topological polar surface area (TPSA) is 87.7 Å². The Morgan fingerprint density at radius 2 is 1.95 bits per heavy atom. The highest BCUT2D eigenvalue weighted by Gasteiger charge is 2.41. The molecule has 0 aromatic heterocycles. The molecule has 0 unspecified atom stereocenters. The first kappa shape index (κ1) is 15.8. The highest BCUT2D eigenvalue weighted by molar-refractivity contribution is 6.06. The second kappa shape index (κ2) is 7.36. The number of nitrogens with zero attached hydrogens (tertiary/aromatic N) is 1. The lowest BCUT2D eigenvalue weighted by molar-refractivity contribution is -0.128. The Hall–Kier alpha value is -1.26. The highest BCUT2D eigenvalue weighted by atomic mass is 16.4. The van der Waals surface area contributed by atoms with Gasteiger partial charge < -0.3 is 16.3 Å². The number of nitrogens with two attached hydrogens (primary N) is 1. The molecule has 1 fully saturated rings. The van der Waals surface area contributed by atoms with Crippen molar-refractivity contribution in [3.05, 3.63) is 0 Å². The van der Waals surface area contributed by atoms with Crippen LogP contribution in [-0.2, 0) is 4.79 Å². The molecule has 1 rings (SSSR count). The Morgan fingerprint density at radius 1 is 1.37 bits per heavy atom. The zero-order valence-corrected chi connectivity index (χ0v) is 12.1. The maximum Gasteiger partial charge on any atom is 0.233 e. The molecule has 1 aliphatic rings. The van der Waals surface area contributed by atoms with E-state index in [4.69, 9.17) is 10.9 Å². The van der Waals surface area contributed by atoms with Crippen molar-refractivity contribution in [2.45, 2.75) is 58.8 Å². The second-order valence-electron chi connectivity index (χ2n) is 5.56. The predicted molar refractivity (Wildman–Crippen MR) is 76.0 cm³/mol. The van der Waals surface area contributed by atoms with E-state index in [0.29, 0.717) is 19.4 Å². The van der Waals surface area contributed by atoms with Crippen LogP contribution in [0.3, 0.4) is 0 Å². The van der Waals surface area contributed by atoms with E-state index < -0.39 is 5.41 Å². The quantitative estimate of drug-likeness (QED) is 0.259. The summed E-state index contributed by atoms with van der Waals surface area (Å²) in [6, 6.07) is 0. The number of amides is 1. The normalized spacial score (nSPS) is 16.4. The number of hydrogen-bond acceptors (Lipinski definition) is 3. The summed E-state index contributed by atoms with van der Waals surface area (Å²) in [6.07, 6.45) is 6.49. The summed E-state index contributed by atoms with van der Waals surface area (Å²) in [5.74, 6) is 0.739. The zero-order chi connectivity index (χ0) is 14.3. The highest BCUT2D eigenvalue weighted by Crippen LogP contribution is 2.33. The third kappa shape index (κ3) is 4.11. The summed E-state index contributed by atoms with van der Waals surface area (Å²) < 4.78 is 0. The van der Waals surface area contributed by atoms with Crippen molar-refractivity contribution in [1.82, 2.24) is 5.32 Å². The molecule has 0 bridgehead atoms. The summed E-state index contributed by atoms with van der Waals surface area (Å²) in [4.78, 5) is 12.5. The summed E-state index contributed by atoms with van der Waals surface area (Å²) in [6.45, 7) is 4.70. The van der Waals surface area contributed by atoms with Crippen molar-refractivity contribution in [3.8, 4) is 0 Å². The van der Waals surface area contributed by atoms with Gasteiger partial charge in [0.2, 0.25) is 5.91 Å². The van der Waals surface area contributed by atoms with Crippen LogP contribution < -0.4 is 11.1 Å². The summed E-state index contributed by atoms with van der Waals surface area (Å²) in [5.41, 5.74) is 4.96. The molecule has 0 heterocycles. The lowest BCUT2D eigenvalue weighted by Gasteiger charge is -2.30. The van der Waals surface area contributed by atoms with Crippen molar-refractivity contribution >= 4 is 11.7 Å². The van der Waals surface area contributed by atoms with Crippen LogP contribution in [0.2, 0.25) is 0 Å². The number of nitrogens with one attached hydrogen (secondary N) is 1. The van der Waals surface area contributed by atoms with Crippen LogP contribution in [0.15, 0.2) is 5.16 Å². The molecule has 0 saturated heterocycles. The Labute approximate surface area is 115 Å². The Bertz CT molecular complexity index is 319. The monoisotopic (exact) mass is 269 g/mol. The van der Waals surface area contributed by atoms with Crippen LogP contribution in [0.5, 0.6) is 0 Å². The molecule has 4 N–H and O–H groups in total. The van der Waals surface area contributed by atoms with E-state index in [1.54, 1.807) is 0 Å². The van der Waals surface area contributed by atoms with Gasteiger partial charge >= 0.3 is 0 Å². The van der Waals surface area contributed by atoms with E-state index in [-0.39, 0.29) is 11.7 Å². The zero-order valence-electron chi connectivity index (χ0n) is 12.1. The molecular formula is C14H27N3O2. The molecule has 5 heteroatoms. The molecule has 1 saturated carbocycles. The molecule has 1 amide bonds. The van der Waals surface area contributed by atoms with Gasteiger partial charge in [-0.05, 0) is 25.2 Å². The van der Waals surface area contributed by atoms with Gasteiger partial charge in [0, 0.05) is 6.54 Å². The van der Waals surface area contributed by atoms with Crippen molar-refractivity contribution in [3.63, 3.8) is 0 Å². The molecule has 19 heavy (non-hydrogen) atoms.